The van der Waals surface area contributed by atoms with Gasteiger partial charge in [0.15, 0.2) is 0 Å². The first-order valence-electron chi connectivity index (χ1n) is 10.9. The van der Waals surface area contributed by atoms with Crippen molar-refractivity contribution in [3.63, 3.8) is 0 Å². The van der Waals surface area contributed by atoms with Gasteiger partial charge >= 0.3 is 6.09 Å². The van der Waals surface area contributed by atoms with Gasteiger partial charge in [-0.2, -0.15) is 0 Å². The van der Waals surface area contributed by atoms with Crippen molar-refractivity contribution in [2.45, 2.75) is 12.5 Å². The standard InChI is InChI=1S/C24H26ClN5O4/c1-33-24(32)27-18-7-5-16(6-8-18)20-21(25)29-22(28-20)19(26)14-15-3-2-4-17(13-15)23(31)30-9-11-34-12-10-30/h2-8,13,19H,9-12,14,26H2,1H3,(H,27,32)(H,28,29). The van der Waals surface area contributed by atoms with Crippen LogP contribution in [0, 0.1) is 0 Å². The largest absolute Gasteiger partial charge is 0.453 e. The van der Waals surface area contributed by atoms with E-state index >= 15 is 0 Å². The van der Waals surface area contributed by atoms with Crippen LogP contribution in [0.4, 0.5) is 10.5 Å². The second-order valence-corrected chi connectivity index (χ2v) is 8.27. The minimum absolute atomic E-state index is 0.00723. The van der Waals surface area contributed by atoms with Crippen LogP contribution in [-0.2, 0) is 15.9 Å². The maximum Gasteiger partial charge on any atom is 0.411 e. The van der Waals surface area contributed by atoms with E-state index in [2.05, 4.69) is 20.0 Å². The molecular formula is C24H26ClN5O4. The molecule has 1 aromatic heterocycles. The Bertz CT molecular complexity index is 1160. The predicted molar refractivity (Wildman–Crippen MR) is 129 cm³/mol. The van der Waals surface area contributed by atoms with Crippen LogP contribution in [0.2, 0.25) is 5.15 Å². The summed E-state index contributed by atoms with van der Waals surface area (Å²) in [5.41, 5.74) is 9.91. The number of aromatic amines is 1. The van der Waals surface area contributed by atoms with Crippen LogP contribution in [-0.4, -0.2) is 60.3 Å². The van der Waals surface area contributed by atoms with Gasteiger partial charge in [0.25, 0.3) is 5.91 Å². The number of anilines is 1. The van der Waals surface area contributed by atoms with Crippen LogP contribution in [0.25, 0.3) is 11.3 Å². The average Bonchev–Trinajstić information content (AvgIpc) is 3.26. The Labute approximate surface area is 202 Å². The Morgan fingerprint density at radius 1 is 1.24 bits per heavy atom. The number of rotatable bonds is 6. The van der Waals surface area contributed by atoms with Crippen molar-refractivity contribution in [2.24, 2.45) is 5.73 Å². The van der Waals surface area contributed by atoms with Gasteiger partial charge in [0.1, 0.15) is 16.7 Å². The zero-order chi connectivity index (χ0) is 24.1. The van der Waals surface area contributed by atoms with Crippen molar-refractivity contribution < 1.29 is 19.1 Å². The highest BCUT2D eigenvalue weighted by atomic mass is 35.5. The number of hydrogen-bond acceptors (Lipinski definition) is 6. The van der Waals surface area contributed by atoms with E-state index in [1.54, 1.807) is 29.2 Å². The summed E-state index contributed by atoms with van der Waals surface area (Å²) in [6.07, 6.45) is -0.0651. The van der Waals surface area contributed by atoms with Gasteiger partial charge < -0.3 is 25.1 Å². The van der Waals surface area contributed by atoms with Gasteiger partial charge in [-0.1, -0.05) is 35.9 Å². The summed E-state index contributed by atoms with van der Waals surface area (Å²) in [7, 11) is 1.30. The molecule has 3 aromatic rings. The first-order valence-corrected chi connectivity index (χ1v) is 11.2. The molecule has 1 unspecified atom stereocenters. The number of morpholine rings is 1. The number of carbonyl (C=O) groups is 2. The van der Waals surface area contributed by atoms with Crippen molar-refractivity contribution in [1.82, 2.24) is 14.9 Å². The highest BCUT2D eigenvalue weighted by molar-refractivity contribution is 6.31. The summed E-state index contributed by atoms with van der Waals surface area (Å²) in [6.45, 7) is 2.30. The topological polar surface area (TPSA) is 123 Å². The molecular weight excluding hydrogens is 458 g/mol. The van der Waals surface area contributed by atoms with Crippen molar-refractivity contribution in [3.05, 3.63) is 70.6 Å². The Morgan fingerprint density at radius 2 is 1.97 bits per heavy atom. The van der Waals surface area contributed by atoms with E-state index in [1.165, 1.54) is 7.11 Å². The molecule has 1 atom stereocenters. The van der Waals surface area contributed by atoms with E-state index in [-0.39, 0.29) is 5.91 Å². The van der Waals surface area contributed by atoms with Gasteiger partial charge in [-0.05, 0) is 36.2 Å². The van der Waals surface area contributed by atoms with E-state index in [1.807, 2.05) is 24.3 Å². The monoisotopic (exact) mass is 483 g/mol. The zero-order valence-corrected chi connectivity index (χ0v) is 19.5. The van der Waals surface area contributed by atoms with Crippen molar-refractivity contribution in [3.8, 4) is 11.3 Å². The first kappa shape index (κ1) is 23.7. The maximum atomic E-state index is 12.8. The summed E-state index contributed by atoms with van der Waals surface area (Å²) in [5.74, 6) is 0.536. The number of nitrogens with two attached hydrogens (primary N) is 1. The number of hydrogen-bond donors (Lipinski definition) is 3. The summed E-state index contributed by atoms with van der Waals surface area (Å²) < 4.78 is 9.92. The second kappa shape index (κ2) is 10.7. The molecule has 1 aliphatic heterocycles. The van der Waals surface area contributed by atoms with Crippen LogP contribution in [0.15, 0.2) is 48.5 Å². The fourth-order valence-corrected chi connectivity index (χ4v) is 4.00. The van der Waals surface area contributed by atoms with E-state index in [0.29, 0.717) is 60.6 Å². The third kappa shape index (κ3) is 5.56. The van der Waals surface area contributed by atoms with Gasteiger partial charge in [-0.15, -0.1) is 0 Å². The summed E-state index contributed by atoms with van der Waals surface area (Å²) in [4.78, 5) is 33.6. The molecule has 2 aromatic carbocycles. The molecule has 2 amide bonds. The molecule has 0 spiro atoms. The minimum atomic E-state index is -0.547. The smallest absolute Gasteiger partial charge is 0.411 e. The Balaban J connectivity index is 1.45. The molecule has 4 rings (SSSR count). The van der Waals surface area contributed by atoms with Crippen molar-refractivity contribution >= 4 is 29.3 Å². The average molecular weight is 484 g/mol. The SMILES string of the molecule is COC(=O)Nc1ccc(-c2nc(C(N)Cc3cccc(C(=O)N4CCOCC4)c3)[nH]c2Cl)cc1. The molecule has 1 aliphatic rings. The molecule has 0 aliphatic carbocycles. The first-order chi connectivity index (χ1) is 16.4. The lowest BCUT2D eigenvalue weighted by Gasteiger charge is -2.27. The molecule has 0 bridgehead atoms. The molecule has 9 nitrogen and oxygen atoms in total. The molecule has 2 heterocycles. The molecule has 10 heteroatoms. The summed E-state index contributed by atoms with van der Waals surface area (Å²) in [6, 6.07) is 14.1. The van der Waals surface area contributed by atoms with Crippen LogP contribution in [0.5, 0.6) is 0 Å². The van der Waals surface area contributed by atoms with E-state index in [4.69, 9.17) is 22.1 Å². The van der Waals surface area contributed by atoms with Gasteiger partial charge in [0.2, 0.25) is 0 Å². The third-order valence-electron chi connectivity index (χ3n) is 5.55. The fourth-order valence-electron chi connectivity index (χ4n) is 3.75. The van der Waals surface area contributed by atoms with Crippen molar-refractivity contribution in [2.75, 3.05) is 38.7 Å². The molecule has 1 saturated heterocycles. The molecule has 4 N–H and O–H groups in total. The number of amides is 2. The van der Waals surface area contributed by atoms with Gasteiger partial charge in [0, 0.05) is 29.9 Å². The lowest BCUT2D eigenvalue weighted by molar-refractivity contribution is 0.0303. The molecule has 0 saturated carbocycles. The maximum absolute atomic E-state index is 12.8. The van der Waals surface area contributed by atoms with Crippen LogP contribution < -0.4 is 11.1 Å². The van der Waals surface area contributed by atoms with Crippen LogP contribution in [0.3, 0.4) is 0 Å². The number of imidazole rings is 1. The lowest BCUT2D eigenvalue weighted by Crippen LogP contribution is -2.40. The Morgan fingerprint density at radius 3 is 2.68 bits per heavy atom. The van der Waals surface area contributed by atoms with Gasteiger partial charge in [-0.25, -0.2) is 9.78 Å². The lowest BCUT2D eigenvalue weighted by atomic mass is 10.0. The van der Waals surface area contributed by atoms with E-state index < -0.39 is 12.1 Å². The fraction of sp³-hybridized carbons (Fsp3) is 0.292. The number of H-pyrrole nitrogens is 1. The van der Waals surface area contributed by atoms with Gasteiger partial charge in [0.05, 0.1) is 26.4 Å². The molecule has 1 fully saturated rings. The third-order valence-corrected chi connectivity index (χ3v) is 5.82. The van der Waals surface area contributed by atoms with Crippen LogP contribution in [0.1, 0.15) is 27.8 Å². The van der Waals surface area contributed by atoms with E-state index in [9.17, 15) is 9.59 Å². The highest BCUT2D eigenvalue weighted by Crippen LogP contribution is 2.29. The quantitative estimate of drug-likeness (QED) is 0.492. The highest BCUT2D eigenvalue weighted by Gasteiger charge is 2.20. The molecule has 34 heavy (non-hydrogen) atoms. The number of aromatic nitrogens is 2. The molecule has 178 valence electrons. The van der Waals surface area contributed by atoms with E-state index in [0.717, 1.165) is 11.1 Å². The Kier molecular flexibility index (Phi) is 7.46. The predicted octanol–water partition coefficient (Wildman–Crippen LogP) is 3.62. The van der Waals surface area contributed by atoms with Crippen molar-refractivity contribution in [1.29, 1.82) is 0 Å². The normalized spacial score (nSPS) is 14.5. The number of benzene rings is 2. The number of carbonyl (C=O) groups excluding carboxylic acids is 2. The summed E-state index contributed by atoms with van der Waals surface area (Å²) in [5, 5.41) is 2.96. The number of nitrogens with one attached hydrogen (secondary N) is 2. The summed E-state index contributed by atoms with van der Waals surface area (Å²) >= 11 is 6.40. The number of ether oxygens (including phenoxy) is 2. The number of methoxy groups -OCH3 is 1. The van der Waals surface area contributed by atoms with Crippen LogP contribution >= 0.6 is 11.6 Å². The second-order valence-electron chi connectivity index (χ2n) is 7.89. The number of halogens is 1. The minimum Gasteiger partial charge on any atom is -0.453 e. The number of nitrogens with zero attached hydrogens (tertiary/aromatic N) is 2. The Hall–Kier alpha value is -3.40. The molecule has 0 radical (unpaired) electrons. The van der Waals surface area contributed by atoms with Gasteiger partial charge in [-0.3, -0.25) is 10.1 Å². The zero-order valence-electron chi connectivity index (χ0n) is 18.7.